The predicted octanol–water partition coefficient (Wildman–Crippen LogP) is 1.23. The number of carboxylic acid groups (broad SMARTS) is 1. The van der Waals surface area contributed by atoms with Crippen molar-refractivity contribution in [2.75, 3.05) is 13.1 Å². The van der Waals surface area contributed by atoms with Gasteiger partial charge in [0, 0.05) is 18.5 Å². The molecule has 0 aromatic heterocycles. The Morgan fingerprint density at radius 2 is 2.21 bits per heavy atom. The number of likely N-dealkylation sites (tertiary alicyclic amines) is 1. The van der Waals surface area contributed by atoms with Crippen molar-refractivity contribution in [2.24, 2.45) is 5.92 Å². The average Bonchev–Trinajstić information content (AvgIpc) is 2.75. The largest absolute Gasteiger partial charge is 0.480 e. The van der Waals surface area contributed by atoms with E-state index in [1.165, 1.54) is 0 Å². The number of rotatable bonds is 4. The summed E-state index contributed by atoms with van der Waals surface area (Å²) in [5.41, 5.74) is -0.0472. The molecule has 2 heterocycles. The van der Waals surface area contributed by atoms with Gasteiger partial charge in [-0.15, -0.1) is 0 Å². The zero-order valence-corrected chi connectivity index (χ0v) is 11.8. The van der Waals surface area contributed by atoms with Gasteiger partial charge in [-0.3, -0.25) is 4.79 Å². The molecule has 5 nitrogen and oxygen atoms in total. The third-order valence-corrected chi connectivity index (χ3v) is 4.33. The molecule has 0 saturated carbocycles. The van der Waals surface area contributed by atoms with Crippen molar-refractivity contribution < 1.29 is 14.7 Å². The molecule has 1 amide bonds. The molecule has 2 aliphatic rings. The summed E-state index contributed by atoms with van der Waals surface area (Å²) < 4.78 is 0. The van der Waals surface area contributed by atoms with Gasteiger partial charge in [0.2, 0.25) is 5.91 Å². The molecule has 2 aliphatic heterocycles. The molecule has 0 aromatic carbocycles. The van der Waals surface area contributed by atoms with Crippen LogP contribution in [0.25, 0.3) is 0 Å². The van der Waals surface area contributed by atoms with Crippen LogP contribution in [0, 0.1) is 5.92 Å². The number of carbonyl (C=O) groups is 2. The molecule has 2 rings (SSSR count). The second-order valence-corrected chi connectivity index (χ2v) is 6.31. The zero-order chi connectivity index (χ0) is 14.0. The molecule has 19 heavy (non-hydrogen) atoms. The molecule has 0 aromatic rings. The van der Waals surface area contributed by atoms with Crippen LogP contribution in [0.2, 0.25) is 0 Å². The lowest BCUT2D eigenvalue weighted by molar-refractivity contribution is -0.153. The molecular formula is C14H24N2O3. The smallest absolute Gasteiger partial charge is 0.326 e. The number of carboxylic acids is 1. The van der Waals surface area contributed by atoms with E-state index in [0.717, 1.165) is 25.8 Å². The number of aliphatic carboxylic acids is 1. The first-order valence-corrected chi connectivity index (χ1v) is 7.21. The minimum atomic E-state index is -0.877. The van der Waals surface area contributed by atoms with E-state index in [2.05, 4.69) is 5.32 Å². The lowest BCUT2D eigenvalue weighted by Crippen LogP contribution is -2.57. The van der Waals surface area contributed by atoms with E-state index in [0.29, 0.717) is 19.4 Å². The van der Waals surface area contributed by atoms with Crippen LogP contribution in [0.3, 0.4) is 0 Å². The van der Waals surface area contributed by atoms with Gasteiger partial charge in [-0.05, 0) is 38.1 Å². The molecule has 0 bridgehead atoms. The molecular weight excluding hydrogens is 244 g/mol. The summed E-state index contributed by atoms with van der Waals surface area (Å²) in [4.78, 5) is 25.3. The molecule has 2 fully saturated rings. The highest BCUT2D eigenvalue weighted by Gasteiger charge is 2.43. The van der Waals surface area contributed by atoms with E-state index in [1.54, 1.807) is 4.90 Å². The van der Waals surface area contributed by atoms with Crippen LogP contribution < -0.4 is 5.32 Å². The molecule has 2 saturated heterocycles. The number of carbonyl (C=O) groups excluding carboxylic acids is 1. The first-order valence-electron chi connectivity index (χ1n) is 7.21. The summed E-state index contributed by atoms with van der Waals surface area (Å²) >= 11 is 0. The van der Waals surface area contributed by atoms with Crippen LogP contribution in [-0.2, 0) is 9.59 Å². The highest BCUT2D eigenvalue weighted by atomic mass is 16.4. The minimum absolute atomic E-state index is 0.00583. The fraction of sp³-hybridized carbons (Fsp3) is 0.857. The summed E-state index contributed by atoms with van der Waals surface area (Å²) in [6.07, 6.45) is 4.01. The van der Waals surface area contributed by atoms with Crippen molar-refractivity contribution in [2.45, 2.75) is 57.5 Å². The summed E-state index contributed by atoms with van der Waals surface area (Å²) in [5.74, 6) is -0.611. The van der Waals surface area contributed by atoms with Crippen LogP contribution in [0.15, 0.2) is 0 Å². The summed E-state index contributed by atoms with van der Waals surface area (Å²) in [7, 11) is 0. The van der Waals surface area contributed by atoms with E-state index in [4.69, 9.17) is 0 Å². The van der Waals surface area contributed by atoms with Crippen molar-refractivity contribution in [3.8, 4) is 0 Å². The monoisotopic (exact) mass is 268 g/mol. The number of amides is 1. The second kappa shape index (κ2) is 5.49. The first-order chi connectivity index (χ1) is 8.93. The van der Waals surface area contributed by atoms with E-state index in [-0.39, 0.29) is 17.4 Å². The Morgan fingerprint density at radius 1 is 1.47 bits per heavy atom. The van der Waals surface area contributed by atoms with Gasteiger partial charge in [-0.25, -0.2) is 4.79 Å². The third kappa shape index (κ3) is 3.08. The second-order valence-electron chi connectivity index (χ2n) is 6.31. The fourth-order valence-corrected chi connectivity index (χ4v) is 3.31. The summed E-state index contributed by atoms with van der Waals surface area (Å²) in [6, 6.07) is -0.661. The van der Waals surface area contributed by atoms with Gasteiger partial charge in [0.05, 0.1) is 0 Å². The number of piperidine rings is 1. The Labute approximate surface area is 114 Å². The summed E-state index contributed by atoms with van der Waals surface area (Å²) in [6.45, 7) is 5.52. The molecule has 0 aliphatic carbocycles. The van der Waals surface area contributed by atoms with Crippen LogP contribution in [0.4, 0.5) is 0 Å². The van der Waals surface area contributed by atoms with Crippen LogP contribution in [0.5, 0.6) is 0 Å². The zero-order valence-electron chi connectivity index (χ0n) is 11.8. The first kappa shape index (κ1) is 14.3. The minimum Gasteiger partial charge on any atom is -0.480 e. The normalized spacial score (nSPS) is 29.2. The highest BCUT2D eigenvalue weighted by Crippen LogP contribution is 2.32. The van der Waals surface area contributed by atoms with E-state index >= 15 is 0 Å². The van der Waals surface area contributed by atoms with Crippen molar-refractivity contribution in [1.29, 1.82) is 0 Å². The Balaban J connectivity index is 2.05. The fourth-order valence-electron chi connectivity index (χ4n) is 3.31. The van der Waals surface area contributed by atoms with Crippen LogP contribution >= 0.6 is 0 Å². The van der Waals surface area contributed by atoms with Gasteiger partial charge >= 0.3 is 5.97 Å². The predicted molar refractivity (Wildman–Crippen MR) is 71.8 cm³/mol. The van der Waals surface area contributed by atoms with Crippen molar-refractivity contribution >= 4 is 11.9 Å². The van der Waals surface area contributed by atoms with Crippen molar-refractivity contribution in [3.05, 3.63) is 0 Å². The maximum Gasteiger partial charge on any atom is 0.326 e. The lowest BCUT2D eigenvalue weighted by Gasteiger charge is -2.41. The quantitative estimate of drug-likeness (QED) is 0.804. The molecule has 0 radical (unpaired) electrons. The molecule has 5 heteroatoms. The summed E-state index contributed by atoms with van der Waals surface area (Å²) in [5, 5.41) is 12.8. The van der Waals surface area contributed by atoms with Gasteiger partial charge in [0.25, 0.3) is 0 Å². The number of nitrogens with one attached hydrogen (secondary N) is 1. The SMILES string of the molecule is CC(C)C[C@@H](C(=O)O)N1CCC2(CCCN2)CC1=O. The maximum atomic E-state index is 12.3. The lowest BCUT2D eigenvalue weighted by atomic mass is 9.84. The molecule has 1 unspecified atom stereocenters. The van der Waals surface area contributed by atoms with Gasteiger partial charge < -0.3 is 15.3 Å². The Bertz CT molecular complexity index is 362. The van der Waals surface area contributed by atoms with Crippen molar-refractivity contribution in [1.82, 2.24) is 10.2 Å². The Hall–Kier alpha value is -1.10. The van der Waals surface area contributed by atoms with Gasteiger partial charge in [-0.2, -0.15) is 0 Å². The standard InChI is InChI=1S/C14H24N2O3/c1-10(2)8-11(13(18)19)16-7-5-14(9-12(16)17)4-3-6-15-14/h10-11,15H,3-9H2,1-2H3,(H,18,19)/t11-,14?/m0/s1. The van der Waals surface area contributed by atoms with Crippen molar-refractivity contribution in [3.63, 3.8) is 0 Å². The molecule has 1 spiro atoms. The molecule has 2 atom stereocenters. The number of hydrogen-bond acceptors (Lipinski definition) is 3. The third-order valence-electron chi connectivity index (χ3n) is 4.33. The van der Waals surface area contributed by atoms with E-state index in [9.17, 15) is 14.7 Å². The van der Waals surface area contributed by atoms with Gasteiger partial charge in [-0.1, -0.05) is 13.8 Å². The van der Waals surface area contributed by atoms with E-state index < -0.39 is 12.0 Å². The number of nitrogens with zero attached hydrogens (tertiary/aromatic N) is 1. The number of hydrogen-bond donors (Lipinski definition) is 2. The van der Waals surface area contributed by atoms with Crippen LogP contribution in [0.1, 0.15) is 46.0 Å². The van der Waals surface area contributed by atoms with Gasteiger partial charge in [0.1, 0.15) is 6.04 Å². The highest BCUT2D eigenvalue weighted by molar-refractivity contribution is 5.85. The maximum absolute atomic E-state index is 12.3. The molecule has 108 valence electrons. The Morgan fingerprint density at radius 3 is 2.68 bits per heavy atom. The van der Waals surface area contributed by atoms with Gasteiger partial charge in [0.15, 0.2) is 0 Å². The van der Waals surface area contributed by atoms with Crippen LogP contribution in [-0.4, -0.2) is 46.6 Å². The average molecular weight is 268 g/mol. The van der Waals surface area contributed by atoms with E-state index in [1.807, 2.05) is 13.8 Å². The Kier molecular flexibility index (Phi) is 4.13. The molecule has 2 N–H and O–H groups in total. The topological polar surface area (TPSA) is 69.6 Å².